The lowest BCUT2D eigenvalue weighted by atomic mass is 9.97. The molecule has 1 aromatic carbocycles. The molecule has 1 aromatic heterocycles. The molecule has 3 aliphatic rings. The van der Waals surface area contributed by atoms with Crippen LogP contribution in [0.1, 0.15) is 40.8 Å². The van der Waals surface area contributed by atoms with Gasteiger partial charge in [0.25, 0.3) is 5.91 Å². The molecular weight excluding hydrogens is 370 g/mol. The first-order chi connectivity index (χ1) is 14.2. The van der Waals surface area contributed by atoms with Gasteiger partial charge >= 0.3 is 0 Å². The minimum atomic E-state index is 0.0274. The van der Waals surface area contributed by atoms with Crippen LogP contribution in [0.15, 0.2) is 18.2 Å². The van der Waals surface area contributed by atoms with Crippen molar-refractivity contribution in [3.8, 4) is 11.5 Å². The van der Waals surface area contributed by atoms with E-state index in [-0.39, 0.29) is 5.91 Å². The van der Waals surface area contributed by atoms with Crippen molar-refractivity contribution in [2.24, 2.45) is 0 Å². The molecule has 0 N–H and O–H groups in total. The van der Waals surface area contributed by atoms with Crippen molar-refractivity contribution in [1.82, 2.24) is 24.6 Å². The molecule has 8 nitrogen and oxygen atoms in total. The summed E-state index contributed by atoms with van der Waals surface area (Å²) in [6.45, 7) is 5.29. The fraction of sp³-hybridized carbons (Fsp3) is 0.571. The highest BCUT2D eigenvalue weighted by Gasteiger charge is 2.28. The lowest BCUT2D eigenvalue weighted by Gasteiger charge is -2.29. The smallest absolute Gasteiger partial charge is 0.254 e. The van der Waals surface area contributed by atoms with Gasteiger partial charge < -0.3 is 23.8 Å². The van der Waals surface area contributed by atoms with Gasteiger partial charge in [-0.1, -0.05) is 0 Å². The van der Waals surface area contributed by atoms with Gasteiger partial charge in [0.2, 0.25) is 0 Å². The Morgan fingerprint density at radius 2 is 1.93 bits per heavy atom. The predicted molar refractivity (Wildman–Crippen MR) is 107 cm³/mol. The topological polar surface area (TPSA) is 72.7 Å². The van der Waals surface area contributed by atoms with E-state index < -0.39 is 0 Å². The molecule has 0 saturated carbocycles. The molecule has 0 bridgehead atoms. The van der Waals surface area contributed by atoms with E-state index in [1.165, 1.54) is 6.42 Å². The van der Waals surface area contributed by atoms with Crippen LogP contribution >= 0.6 is 0 Å². The summed E-state index contributed by atoms with van der Waals surface area (Å²) in [5.74, 6) is 3.88. The zero-order chi connectivity index (χ0) is 19.8. The van der Waals surface area contributed by atoms with Gasteiger partial charge in [0.15, 0.2) is 11.5 Å². The van der Waals surface area contributed by atoms with Crippen LogP contribution in [0.25, 0.3) is 0 Å². The normalized spacial score (nSPS) is 22.1. The van der Waals surface area contributed by atoms with Crippen LogP contribution in [-0.4, -0.2) is 76.9 Å². The SMILES string of the molecule is CN1CCCC(c2nnc3n2CCN(C(=O)c2ccc4c(c2)OCCO4)CC3)C1. The molecule has 1 amide bonds. The Labute approximate surface area is 170 Å². The summed E-state index contributed by atoms with van der Waals surface area (Å²) >= 11 is 0. The Morgan fingerprint density at radius 1 is 1.07 bits per heavy atom. The van der Waals surface area contributed by atoms with E-state index >= 15 is 0 Å². The number of fused-ring (bicyclic) bond motifs is 2. The van der Waals surface area contributed by atoms with Crippen LogP contribution < -0.4 is 9.47 Å². The highest BCUT2D eigenvalue weighted by Crippen LogP contribution is 2.31. The van der Waals surface area contributed by atoms with E-state index in [2.05, 4.69) is 26.7 Å². The summed E-state index contributed by atoms with van der Waals surface area (Å²) in [5.41, 5.74) is 0.640. The molecule has 1 atom stereocenters. The fourth-order valence-electron chi connectivity index (χ4n) is 4.59. The van der Waals surface area contributed by atoms with Gasteiger partial charge in [0, 0.05) is 44.1 Å². The van der Waals surface area contributed by atoms with Crippen molar-refractivity contribution >= 4 is 5.91 Å². The molecule has 1 saturated heterocycles. The Bertz CT molecular complexity index is 912. The van der Waals surface area contributed by atoms with Gasteiger partial charge in [-0.3, -0.25) is 4.79 Å². The number of aromatic nitrogens is 3. The van der Waals surface area contributed by atoms with Gasteiger partial charge in [0.1, 0.15) is 24.9 Å². The van der Waals surface area contributed by atoms with Crippen LogP contribution in [0.2, 0.25) is 0 Å². The number of likely N-dealkylation sites (tertiary alicyclic amines) is 1. The average Bonchev–Trinajstić information content (AvgIpc) is 3.04. The Kier molecular flexibility index (Phi) is 4.87. The number of rotatable bonds is 2. The first-order valence-corrected chi connectivity index (χ1v) is 10.5. The molecule has 1 unspecified atom stereocenters. The number of nitrogens with zero attached hydrogens (tertiary/aromatic N) is 5. The lowest BCUT2D eigenvalue weighted by Crippen LogP contribution is -2.34. The maximum absolute atomic E-state index is 13.1. The Hall–Kier alpha value is -2.61. The van der Waals surface area contributed by atoms with E-state index in [1.54, 1.807) is 6.07 Å². The predicted octanol–water partition coefficient (Wildman–Crippen LogP) is 1.56. The lowest BCUT2D eigenvalue weighted by molar-refractivity contribution is 0.0757. The third-order valence-corrected chi connectivity index (χ3v) is 6.12. The van der Waals surface area contributed by atoms with Crippen molar-refractivity contribution in [3.63, 3.8) is 0 Å². The minimum absolute atomic E-state index is 0.0274. The molecule has 0 radical (unpaired) electrons. The van der Waals surface area contributed by atoms with Gasteiger partial charge in [0.05, 0.1) is 0 Å². The Balaban J connectivity index is 1.31. The third-order valence-electron chi connectivity index (χ3n) is 6.12. The van der Waals surface area contributed by atoms with E-state index in [9.17, 15) is 4.79 Å². The number of carbonyl (C=O) groups is 1. The molecule has 0 aliphatic carbocycles. The monoisotopic (exact) mass is 397 g/mol. The highest BCUT2D eigenvalue weighted by molar-refractivity contribution is 5.95. The highest BCUT2D eigenvalue weighted by atomic mass is 16.6. The number of piperidine rings is 1. The molecule has 8 heteroatoms. The summed E-state index contributed by atoms with van der Waals surface area (Å²) in [6, 6.07) is 5.45. The van der Waals surface area contributed by atoms with Crippen LogP contribution in [0, 0.1) is 0 Å². The molecule has 0 spiro atoms. The third kappa shape index (κ3) is 3.57. The largest absolute Gasteiger partial charge is 0.486 e. The van der Waals surface area contributed by atoms with E-state index in [1.807, 2.05) is 17.0 Å². The Morgan fingerprint density at radius 3 is 2.79 bits per heavy atom. The molecule has 1 fully saturated rings. The van der Waals surface area contributed by atoms with Crippen LogP contribution in [-0.2, 0) is 13.0 Å². The summed E-state index contributed by atoms with van der Waals surface area (Å²) in [5, 5.41) is 8.99. The molecular formula is C21H27N5O3. The van der Waals surface area contributed by atoms with E-state index in [4.69, 9.17) is 9.47 Å². The number of amides is 1. The standard InChI is InChI=1S/C21H27N5O3/c1-24-7-2-3-16(14-24)20-23-22-19-6-8-25(9-10-26(19)20)21(27)15-4-5-17-18(13-15)29-12-11-28-17/h4-5,13,16H,2-3,6-12,14H2,1H3. The summed E-state index contributed by atoms with van der Waals surface area (Å²) < 4.78 is 13.4. The second kappa shape index (κ2) is 7.67. The molecule has 154 valence electrons. The summed E-state index contributed by atoms with van der Waals surface area (Å²) in [7, 11) is 2.17. The van der Waals surface area contributed by atoms with Gasteiger partial charge in [-0.05, 0) is 44.6 Å². The number of carbonyl (C=O) groups excluding carboxylic acids is 1. The fourth-order valence-corrected chi connectivity index (χ4v) is 4.59. The number of likely N-dealkylation sites (N-methyl/N-ethyl adjacent to an activating group) is 1. The zero-order valence-corrected chi connectivity index (χ0v) is 16.8. The first-order valence-electron chi connectivity index (χ1n) is 10.5. The molecule has 2 aromatic rings. The van der Waals surface area contributed by atoms with Gasteiger partial charge in [-0.15, -0.1) is 10.2 Å². The molecule has 4 heterocycles. The average molecular weight is 397 g/mol. The van der Waals surface area contributed by atoms with Crippen molar-refractivity contribution in [1.29, 1.82) is 0 Å². The van der Waals surface area contributed by atoms with Crippen LogP contribution in [0.4, 0.5) is 0 Å². The summed E-state index contributed by atoms with van der Waals surface area (Å²) in [4.78, 5) is 17.4. The van der Waals surface area contributed by atoms with Crippen LogP contribution in [0.3, 0.4) is 0 Å². The van der Waals surface area contributed by atoms with E-state index in [0.29, 0.717) is 49.3 Å². The number of ether oxygens (including phenoxy) is 2. The zero-order valence-electron chi connectivity index (χ0n) is 16.8. The van der Waals surface area contributed by atoms with Crippen molar-refractivity contribution in [2.45, 2.75) is 31.7 Å². The van der Waals surface area contributed by atoms with Crippen molar-refractivity contribution < 1.29 is 14.3 Å². The van der Waals surface area contributed by atoms with Gasteiger partial charge in [-0.2, -0.15) is 0 Å². The van der Waals surface area contributed by atoms with Crippen LogP contribution in [0.5, 0.6) is 11.5 Å². The maximum Gasteiger partial charge on any atom is 0.254 e. The molecule has 5 rings (SSSR count). The summed E-state index contributed by atoms with van der Waals surface area (Å²) in [6.07, 6.45) is 3.08. The number of benzene rings is 1. The second-order valence-electron chi connectivity index (χ2n) is 8.13. The van der Waals surface area contributed by atoms with Gasteiger partial charge in [-0.25, -0.2) is 0 Å². The quantitative estimate of drug-likeness (QED) is 0.766. The van der Waals surface area contributed by atoms with Crippen molar-refractivity contribution in [3.05, 3.63) is 35.4 Å². The molecule has 29 heavy (non-hydrogen) atoms. The minimum Gasteiger partial charge on any atom is -0.486 e. The van der Waals surface area contributed by atoms with Crippen molar-refractivity contribution in [2.75, 3.05) is 46.4 Å². The number of hydrogen-bond donors (Lipinski definition) is 0. The number of hydrogen-bond acceptors (Lipinski definition) is 6. The maximum atomic E-state index is 13.1. The molecule has 3 aliphatic heterocycles. The van der Waals surface area contributed by atoms with E-state index in [0.717, 1.165) is 44.1 Å². The second-order valence-corrected chi connectivity index (χ2v) is 8.13. The first kappa shape index (κ1) is 18.4.